The standard InChI is InChI=1S/C19H20N2O5/c1-2-20-19(25)21-17(23)16(14-11-7-4-8-12-14)26-18(24)15(22)13-9-5-3-6-10-13/h3-12,15-16,22H,2H2,1H3,(H2,20,21,23,25)/t15-,16-/m1/s1. The highest BCUT2D eigenvalue weighted by molar-refractivity contribution is 5.98. The van der Waals surface area contributed by atoms with E-state index in [0.717, 1.165) is 0 Å². The molecular formula is C19H20N2O5. The van der Waals surface area contributed by atoms with Gasteiger partial charge in [-0.3, -0.25) is 10.1 Å². The number of aliphatic hydroxyl groups is 1. The van der Waals surface area contributed by atoms with Gasteiger partial charge in [-0.2, -0.15) is 0 Å². The summed E-state index contributed by atoms with van der Waals surface area (Å²) in [5.74, 6) is -1.80. The van der Waals surface area contributed by atoms with Gasteiger partial charge in [0.05, 0.1) is 0 Å². The normalized spacial score (nSPS) is 12.5. The van der Waals surface area contributed by atoms with Gasteiger partial charge in [0.1, 0.15) is 0 Å². The lowest BCUT2D eigenvalue weighted by atomic mass is 10.1. The Morgan fingerprint density at radius 2 is 1.50 bits per heavy atom. The first-order valence-electron chi connectivity index (χ1n) is 8.10. The third-order valence-corrected chi connectivity index (χ3v) is 3.49. The SMILES string of the molecule is CCNC(=O)NC(=O)[C@H](OC(=O)[C@H](O)c1ccccc1)c1ccccc1. The summed E-state index contributed by atoms with van der Waals surface area (Å²) in [6.45, 7) is 2.04. The highest BCUT2D eigenvalue weighted by atomic mass is 16.6. The van der Waals surface area contributed by atoms with E-state index in [4.69, 9.17) is 4.74 Å². The second-order valence-corrected chi connectivity index (χ2v) is 5.39. The molecule has 2 aromatic rings. The van der Waals surface area contributed by atoms with Gasteiger partial charge in [0.25, 0.3) is 5.91 Å². The summed E-state index contributed by atoms with van der Waals surface area (Å²) in [6.07, 6.45) is -2.91. The van der Waals surface area contributed by atoms with Crippen molar-refractivity contribution in [1.82, 2.24) is 10.6 Å². The number of amides is 3. The number of hydrogen-bond donors (Lipinski definition) is 3. The van der Waals surface area contributed by atoms with E-state index in [9.17, 15) is 19.5 Å². The summed E-state index contributed by atoms with van der Waals surface area (Å²) >= 11 is 0. The van der Waals surface area contributed by atoms with Crippen molar-refractivity contribution in [3.05, 3.63) is 71.8 Å². The Morgan fingerprint density at radius 1 is 0.962 bits per heavy atom. The van der Waals surface area contributed by atoms with Crippen molar-refractivity contribution >= 4 is 17.9 Å². The molecule has 0 aliphatic heterocycles. The fourth-order valence-corrected chi connectivity index (χ4v) is 2.23. The van der Waals surface area contributed by atoms with Gasteiger partial charge in [0, 0.05) is 12.1 Å². The predicted molar refractivity (Wildman–Crippen MR) is 93.9 cm³/mol. The van der Waals surface area contributed by atoms with Gasteiger partial charge in [-0.1, -0.05) is 60.7 Å². The van der Waals surface area contributed by atoms with Crippen LogP contribution < -0.4 is 10.6 Å². The zero-order valence-electron chi connectivity index (χ0n) is 14.2. The summed E-state index contributed by atoms with van der Waals surface area (Å²) in [6, 6.07) is 15.8. The molecule has 0 heterocycles. The lowest BCUT2D eigenvalue weighted by Gasteiger charge is -2.19. The summed E-state index contributed by atoms with van der Waals surface area (Å²) < 4.78 is 5.21. The number of benzene rings is 2. The molecule has 136 valence electrons. The Hall–Kier alpha value is -3.19. The van der Waals surface area contributed by atoms with Crippen molar-refractivity contribution in [1.29, 1.82) is 0 Å². The number of aliphatic hydroxyl groups excluding tert-OH is 1. The number of ether oxygens (including phenoxy) is 1. The molecule has 2 rings (SSSR count). The van der Waals surface area contributed by atoms with Crippen LogP contribution in [0.1, 0.15) is 30.3 Å². The molecule has 0 saturated heterocycles. The van der Waals surface area contributed by atoms with Crippen LogP contribution in [0.25, 0.3) is 0 Å². The third kappa shape index (κ3) is 5.15. The minimum atomic E-state index is -1.54. The molecule has 0 fully saturated rings. The summed E-state index contributed by atoms with van der Waals surface area (Å²) in [4.78, 5) is 36.3. The van der Waals surface area contributed by atoms with Gasteiger partial charge < -0.3 is 15.2 Å². The van der Waals surface area contributed by atoms with Gasteiger partial charge in [0.15, 0.2) is 6.10 Å². The van der Waals surface area contributed by atoms with E-state index in [2.05, 4.69) is 10.6 Å². The zero-order chi connectivity index (χ0) is 18.9. The maximum absolute atomic E-state index is 12.4. The second-order valence-electron chi connectivity index (χ2n) is 5.39. The van der Waals surface area contributed by atoms with Gasteiger partial charge >= 0.3 is 12.0 Å². The molecule has 0 aliphatic rings. The van der Waals surface area contributed by atoms with Gasteiger partial charge in [-0.05, 0) is 12.5 Å². The molecule has 0 spiro atoms. The number of esters is 1. The maximum atomic E-state index is 12.4. The number of carbonyl (C=O) groups excluding carboxylic acids is 3. The largest absolute Gasteiger partial charge is 0.445 e. The molecule has 0 radical (unpaired) electrons. The number of urea groups is 1. The van der Waals surface area contributed by atoms with Crippen molar-refractivity contribution in [2.45, 2.75) is 19.1 Å². The molecule has 0 bridgehead atoms. The van der Waals surface area contributed by atoms with E-state index >= 15 is 0 Å². The Kier molecular flexibility index (Phi) is 6.87. The Balaban J connectivity index is 2.17. The molecular weight excluding hydrogens is 336 g/mol. The fraction of sp³-hybridized carbons (Fsp3) is 0.211. The van der Waals surface area contributed by atoms with Crippen molar-refractivity contribution < 1.29 is 24.2 Å². The Bertz CT molecular complexity index is 749. The van der Waals surface area contributed by atoms with Crippen LogP contribution in [0.2, 0.25) is 0 Å². The number of rotatable bonds is 6. The van der Waals surface area contributed by atoms with E-state index in [-0.39, 0.29) is 0 Å². The minimum Gasteiger partial charge on any atom is -0.445 e. The molecule has 2 aromatic carbocycles. The molecule has 26 heavy (non-hydrogen) atoms. The van der Waals surface area contributed by atoms with Crippen LogP contribution in [0.4, 0.5) is 4.79 Å². The lowest BCUT2D eigenvalue weighted by Crippen LogP contribution is -2.42. The summed E-state index contributed by atoms with van der Waals surface area (Å²) in [5.41, 5.74) is 0.719. The fourth-order valence-electron chi connectivity index (χ4n) is 2.23. The number of hydrogen-bond acceptors (Lipinski definition) is 5. The molecule has 0 unspecified atom stereocenters. The van der Waals surface area contributed by atoms with E-state index in [1.165, 1.54) is 0 Å². The monoisotopic (exact) mass is 356 g/mol. The van der Waals surface area contributed by atoms with Crippen LogP contribution >= 0.6 is 0 Å². The molecule has 3 N–H and O–H groups in total. The molecule has 3 amide bonds. The molecule has 0 aliphatic carbocycles. The third-order valence-electron chi connectivity index (χ3n) is 3.49. The van der Waals surface area contributed by atoms with E-state index in [0.29, 0.717) is 17.7 Å². The van der Waals surface area contributed by atoms with Crippen LogP contribution in [-0.2, 0) is 14.3 Å². The van der Waals surface area contributed by atoms with E-state index in [1.807, 2.05) is 0 Å². The quantitative estimate of drug-likeness (QED) is 0.685. The molecule has 7 nitrogen and oxygen atoms in total. The maximum Gasteiger partial charge on any atom is 0.340 e. The van der Waals surface area contributed by atoms with Gasteiger partial charge in [0.2, 0.25) is 6.10 Å². The molecule has 2 atom stereocenters. The van der Waals surface area contributed by atoms with Crippen LogP contribution in [0.15, 0.2) is 60.7 Å². The average Bonchev–Trinajstić information content (AvgIpc) is 2.66. The lowest BCUT2D eigenvalue weighted by molar-refractivity contribution is -0.164. The number of nitrogens with one attached hydrogen (secondary N) is 2. The second kappa shape index (κ2) is 9.33. The average molecular weight is 356 g/mol. The number of carbonyl (C=O) groups is 3. The van der Waals surface area contributed by atoms with E-state index < -0.39 is 30.1 Å². The topological polar surface area (TPSA) is 105 Å². The van der Waals surface area contributed by atoms with Crippen LogP contribution in [-0.4, -0.2) is 29.6 Å². The zero-order valence-corrected chi connectivity index (χ0v) is 14.2. The van der Waals surface area contributed by atoms with Crippen LogP contribution in [0, 0.1) is 0 Å². The van der Waals surface area contributed by atoms with Crippen LogP contribution in [0.5, 0.6) is 0 Å². The van der Waals surface area contributed by atoms with Crippen LogP contribution in [0.3, 0.4) is 0 Å². The van der Waals surface area contributed by atoms with Crippen molar-refractivity contribution in [3.8, 4) is 0 Å². The van der Waals surface area contributed by atoms with Crippen molar-refractivity contribution in [2.75, 3.05) is 6.54 Å². The first-order chi connectivity index (χ1) is 12.5. The van der Waals surface area contributed by atoms with Gasteiger partial charge in [-0.15, -0.1) is 0 Å². The Morgan fingerprint density at radius 3 is 2.04 bits per heavy atom. The molecule has 0 saturated carbocycles. The highest BCUT2D eigenvalue weighted by Gasteiger charge is 2.29. The predicted octanol–water partition coefficient (Wildman–Crippen LogP) is 1.85. The molecule has 7 heteroatoms. The van der Waals surface area contributed by atoms with Gasteiger partial charge in [-0.25, -0.2) is 9.59 Å². The summed E-state index contributed by atoms with van der Waals surface area (Å²) in [5, 5.41) is 14.7. The number of imide groups is 1. The van der Waals surface area contributed by atoms with Crippen molar-refractivity contribution in [2.24, 2.45) is 0 Å². The van der Waals surface area contributed by atoms with Crippen molar-refractivity contribution in [3.63, 3.8) is 0 Å². The smallest absolute Gasteiger partial charge is 0.340 e. The first kappa shape index (κ1) is 19.1. The molecule has 0 aromatic heterocycles. The highest BCUT2D eigenvalue weighted by Crippen LogP contribution is 2.22. The summed E-state index contributed by atoms with van der Waals surface area (Å²) in [7, 11) is 0. The Labute approximate surface area is 151 Å². The first-order valence-corrected chi connectivity index (χ1v) is 8.10. The minimum absolute atomic E-state index is 0.335. The van der Waals surface area contributed by atoms with E-state index in [1.54, 1.807) is 67.6 Å².